The lowest BCUT2D eigenvalue weighted by Crippen LogP contribution is -2.49. The van der Waals surface area contributed by atoms with Crippen LogP contribution in [0.2, 0.25) is 0 Å². The van der Waals surface area contributed by atoms with Crippen LogP contribution < -0.4 is 9.64 Å². The van der Waals surface area contributed by atoms with Gasteiger partial charge < -0.3 is 9.64 Å². The van der Waals surface area contributed by atoms with E-state index in [-0.39, 0.29) is 0 Å². The number of hydrogen-bond acceptors (Lipinski definition) is 7. The highest BCUT2D eigenvalue weighted by Crippen LogP contribution is 2.30. The van der Waals surface area contributed by atoms with Crippen LogP contribution in [0.5, 0.6) is 5.75 Å². The number of nitrogens with zero attached hydrogens (tertiary/aromatic N) is 6. The summed E-state index contributed by atoms with van der Waals surface area (Å²) in [6.07, 6.45) is 0. The fourth-order valence-corrected chi connectivity index (χ4v) is 6.12. The fraction of sp³-hybridized carbons (Fsp3) is 0.222. The lowest BCUT2D eigenvalue weighted by Gasteiger charge is -2.35. The number of hydrogen-bond donors (Lipinski definition) is 0. The van der Waals surface area contributed by atoms with E-state index in [1.54, 1.807) is 23.5 Å². The summed E-state index contributed by atoms with van der Waals surface area (Å²) >= 11 is 0. The van der Waals surface area contributed by atoms with Crippen LogP contribution in [0, 0.1) is 6.92 Å². The molecule has 6 rings (SSSR count). The summed E-state index contributed by atoms with van der Waals surface area (Å²) in [5.74, 6) is 2.12. The zero-order chi connectivity index (χ0) is 25.6. The molecule has 0 amide bonds. The molecule has 0 radical (unpaired) electrons. The quantitative estimate of drug-likeness (QED) is 0.352. The Morgan fingerprint density at radius 3 is 2.24 bits per heavy atom. The summed E-state index contributed by atoms with van der Waals surface area (Å²) in [5.41, 5.74) is 3.43. The van der Waals surface area contributed by atoms with E-state index >= 15 is 0 Å². The molecule has 10 heteroatoms. The van der Waals surface area contributed by atoms with Gasteiger partial charge in [0.1, 0.15) is 5.75 Å². The molecule has 0 bridgehead atoms. The molecule has 0 N–H and O–H groups in total. The van der Waals surface area contributed by atoms with Crippen molar-refractivity contribution in [1.82, 2.24) is 23.9 Å². The first kappa shape index (κ1) is 23.4. The number of aryl methyl sites for hydroxylation is 1. The number of ether oxygens (including phenoxy) is 1. The van der Waals surface area contributed by atoms with Crippen LogP contribution in [0.1, 0.15) is 5.56 Å². The first-order chi connectivity index (χ1) is 18.0. The van der Waals surface area contributed by atoms with Crippen molar-refractivity contribution < 1.29 is 13.2 Å². The molecule has 9 nitrogen and oxygen atoms in total. The normalized spacial score (nSPS) is 14.9. The highest BCUT2D eigenvalue weighted by Gasteiger charge is 2.30. The second kappa shape index (κ2) is 9.13. The van der Waals surface area contributed by atoms with Crippen LogP contribution in [0.4, 0.5) is 5.95 Å². The topological polar surface area (TPSA) is 92.9 Å². The van der Waals surface area contributed by atoms with Crippen molar-refractivity contribution in [2.45, 2.75) is 11.8 Å². The smallest absolute Gasteiger partial charge is 0.243 e. The molecule has 0 unspecified atom stereocenters. The SMILES string of the molecule is COc1ccc(-c2nnc3c4ccccc4nc(N4CCN(S(=O)(=O)c5ccc(C)cc5)CC4)n23)cc1. The Morgan fingerprint density at radius 1 is 0.838 bits per heavy atom. The molecule has 5 aromatic rings. The molecule has 2 aromatic heterocycles. The van der Waals surface area contributed by atoms with E-state index < -0.39 is 10.0 Å². The van der Waals surface area contributed by atoms with E-state index in [4.69, 9.17) is 9.72 Å². The fourth-order valence-electron chi connectivity index (χ4n) is 4.69. The number of anilines is 1. The number of aromatic nitrogens is 4. The van der Waals surface area contributed by atoms with Gasteiger partial charge in [0.05, 0.1) is 17.5 Å². The van der Waals surface area contributed by atoms with Gasteiger partial charge in [-0.25, -0.2) is 17.8 Å². The summed E-state index contributed by atoms with van der Waals surface area (Å²) in [6, 6.07) is 22.5. The van der Waals surface area contributed by atoms with Crippen molar-refractivity contribution in [1.29, 1.82) is 0 Å². The third kappa shape index (κ3) is 4.08. The molecule has 37 heavy (non-hydrogen) atoms. The van der Waals surface area contributed by atoms with Crippen molar-refractivity contribution in [2.75, 3.05) is 38.2 Å². The first-order valence-corrected chi connectivity index (χ1v) is 13.5. The number of piperazine rings is 1. The highest BCUT2D eigenvalue weighted by atomic mass is 32.2. The van der Waals surface area contributed by atoms with E-state index in [0.717, 1.165) is 27.8 Å². The maximum absolute atomic E-state index is 13.2. The molecule has 188 valence electrons. The van der Waals surface area contributed by atoms with E-state index in [9.17, 15) is 8.42 Å². The molecule has 1 fully saturated rings. The summed E-state index contributed by atoms with van der Waals surface area (Å²) in [4.78, 5) is 7.42. The molecule has 0 spiro atoms. The maximum atomic E-state index is 13.2. The molecular weight excluding hydrogens is 488 g/mol. The van der Waals surface area contributed by atoms with Gasteiger partial charge in [-0.05, 0) is 55.5 Å². The lowest BCUT2D eigenvalue weighted by atomic mass is 10.2. The first-order valence-electron chi connectivity index (χ1n) is 12.1. The van der Waals surface area contributed by atoms with Gasteiger partial charge in [-0.1, -0.05) is 29.8 Å². The maximum Gasteiger partial charge on any atom is 0.243 e. The molecular formula is C27H26N6O3S. The van der Waals surface area contributed by atoms with E-state index in [1.807, 2.05) is 72.0 Å². The number of para-hydroxylation sites is 1. The Morgan fingerprint density at radius 2 is 1.54 bits per heavy atom. The van der Waals surface area contributed by atoms with Crippen LogP contribution in [-0.2, 0) is 10.0 Å². The standard InChI is InChI=1S/C27H26N6O3S/c1-19-7-13-22(14-8-19)37(34,35)32-17-15-31(16-18-32)27-28-24-6-4-3-5-23(24)26-30-29-25(33(26)27)20-9-11-21(36-2)12-10-20/h3-14H,15-18H2,1-2H3. The van der Waals surface area contributed by atoms with Crippen LogP contribution in [0.15, 0.2) is 77.7 Å². The number of fused-ring (bicyclic) bond motifs is 3. The van der Waals surface area contributed by atoms with Gasteiger partial charge in [0.2, 0.25) is 16.0 Å². The Bertz CT molecular complexity index is 1690. The molecule has 3 heterocycles. The van der Waals surface area contributed by atoms with E-state index in [2.05, 4.69) is 15.1 Å². The number of rotatable bonds is 5. The Hall–Kier alpha value is -4.02. The largest absolute Gasteiger partial charge is 0.497 e. The Labute approximate surface area is 215 Å². The minimum absolute atomic E-state index is 0.318. The summed E-state index contributed by atoms with van der Waals surface area (Å²) in [6.45, 7) is 3.63. The number of sulfonamides is 1. The summed E-state index contributed by atoms with van der Waals surface area (Å²) < 4.78 is 35.3. The van der Waals surface area contributed by atoms with Gasteiger partial charge in [0.15, 0.2) is 11.5 Å². The third-order valence-corrected chi connectivity index (χ3v) is 8.67. The molecule has 1 aliphatic rings. The third-order valence-electron chi connectivity index (χ3n) is 6.76. The van der Waals surface area contributed by atoms with Crippen molar-refractivity contribution in [2.24, 2.45) is 0 Å². The average molecular weight is 515 g/mol. The monoisotopic (exact) mass is 514 g/mol. The molecule has 0 aliphatic carbocycles. The molecule has 0 saturated carbocycles. The number of methoxy groups -OCH3 is 1. The van der Waals surface area contributed by atoms with Crippen LogP contribution in [-0.4, -0.2) is 65.6 Å². The van der Waals surface area contributed by atoms with Crippen LogP contribution >= 0.6 is 0 Å². The predicted molar refractivity (Wildman–Crippen MR) is 142 cm³/mol. The average Bonchev–Trinajstić information content (AvgIpc) is 3.39. The van der Waals surface area contributed by atoms with Gasteiger partial charge in [-0.2, -0.15) is 4.31 Å². The zero-order valence-electron chi connectivity index (χ0n) is 20.6. The zero-order valence-corrected chi connectivity index (χ0v) is 21.4. The van der Waals surface area contributed by atoms with Crippen molar-refractivity contribution in [3.63, 3.8) is 0 Å². The van der Waals surface area contributed by atoms with Gasteiger partial charge in [-0.3, -0.25) is 0 Å². The second-order valence-corrected chi connectivity index (χ2v) is 11.0. The minimum Gasteiger partial charge on any atom is -0.497 e. The van der Waals surface area contributed by atoms with Gasteiger partial charge in [0.25, 0.3) is 0 Å². The number of benzene rings is 3. The van der Waals surface area contributed by atoms with Crippen molar-refractivity contribution in [3.05, 3.63) is 78.4 Å². The van der Waals surface area contributed by atoms with E-state index in [1.165, 1.54) is 0 Å². The van der Waals surface area contributed by atoms with Gasteiger partial charge in [-0.15, -0.1) is 10.2 Å². The minimum atomic E-state index is -3.57. The van der Waals surface area contributed by atoms with Gasteiger partial charge >= 0.3 is 0 Å². The molecule has 3 aromatic carbocycles. The molecule has 0 atom stereocenters. The molecule has 1 saturated heterocycles. The Balaban J connectivity index is 1.38. The lowest BCUT2D eigenvalue weighted by molar-refractivity contribution is 0.382. The van der Waals surface area contributed by atoms with Crippen molar-refractivity contribution >= 4 is 32.5 Å². The van der Waals surface area contributed by atoms with Crippen molar-refractivity contribution in [3.8, 4) is 17.1 Å². The summed E-state index contributed by atoms with van der Waals surface area (Å²) in [7, 11) is -1.93. The second-order valence-electron chi connectivity index (χ2n) is 9.04. The van der Waals surface area contributed by atoms with Crippen LogP contribution in [0.3, 0.4) is 0 Å². The van der Waals surface area contributed by atoms with E-state index in [0.29, 0.717) is 48.5 Å². The van der Waals surface area contributed by atoms with Crippen LogP contribution in [0.25, 0.3) is 27.9 Å². The summed E-state index contributed by atoms with van der Waals surface area (Å²) in [5, 5.41) is 9.96. The Kier molecular flexibility index (Phi) is 5.77. The highest BCUT2D eigenvalue weighted by molar-refractivity contribution is 7.89. The molecule has 1 aliphatic heterocycles. The predicted octanol–water partition coefficient (Wildman–Crippen LogP) is 3.77. The van der Waals surface area contributed by atoms with Gasteiger partial charge in [0, 0.05) is 37.1 Å².